The molecular formula is C21H21FN4O2. The van der Waals surface area contributed by atoms with Gasteiger partial charge in [-0.3, -0.25) is 14.5 Å². The number of benzene rings is 2. The lowest BCUT2D eigenvalue weighted by Crippen LogP contribution is -2.47. The molecule has 2 heterocycles. The number of halogens is 1. The van der Waals surface area contributed by atoms with Gasteiger partial charge in [-0.05, 0) is 37.6 Å². The van der Waals surface area contributed by atoms with E-state index in [2.05, 4.69) is 20.2 Å². The van der Waals surface area contributed by atoms with Crippen LogP contribution < -0.4 is 10.9 Å². The van der Waals surface area contributed by atoms with Gasteiger partial charge < -0.3 is 10.3 Å². The number of carbonyl (C=O) groups excluding carboxylic acids is 1. The van der Waals surface area contributed by atoms with Crippen molar-refractivity contribution in [1.82, 2.24) is 20.2 Å². The minimum Gasteiger partial charge on any atom is -0.345 e. The van der Waals surface area contributed by atoms with E-state index in [4.69, 9.17) is 0 Å². The van der Waals surface area contributed by atoms with Crippen molar-refractivity contribution in [2.75, 3.05) is 13.1 Å². The molecule has 0 aliphatic carbocycles. The van der Waals surface area contributed by atoms with Gasteiger partial charge in [-0.2, -0.15) is 0 Å². The summed E-state index contributed by atoms with van der Waals surface area (Å²) >= 11 is 0. The molecule has 2 aromatic carbocycles. The maximum absolute atomic E-state index is 13.9. The van der Waals surface area contributed by atoms with Gasteiger partial charge in [0.25, 0.3) is 11.5 Å². The van der Waals surface area contributed by atoms with Crippen molar-refractivity contribution in [3.8, 4) is 0 Å². The van der Waals surface area contributed by atoms with E-state index < -0.39 is 5.91 Å². The van der Waals surface area contributed by atoms with Gasteiger partial charge in [-0.15, -0.1) is 0 Å². The molecule has 0 unspecified atom stereocenters. The third kappa shape index (κ3) is 3.94. The Bertz CT molecular complexity index is 1070. The molecular weight excluding hydrogens is 359 g/mol. The van der Waals surface area contributed by atoms with Crippen molar-refractivity contribution >= 4 is 16.8 Å². The molecule has 144 valence electrons. The van der Waals surface area contributed by atoms with Crippen molar-refractivity contribution in [2.24, 2.45) is 0 Å². The van der Waals surface area contributed by atoms with Gasteiger partial charge in [0, 0.05) is 24.7 Å². The monoisotopic (exact) mass is 380 g/mol. The van der Waals surface area contributed by atoms with Crippen LogP contribution in [0.15, 0.2) is 53.3 Å². The number of nitrogens with one attached hydrogen (secondary N) is 2. The third-order valence-corrected chi connectivity index (χ3v) is 5.02. The number of hydrogen-bond acceptors (Lipinski definition) is 4. The highest BCUT2D eigenvalue weighted by atomic mass is 19.1. The number of piperidine rings is 1. The zero-order chi connectivity index (χ0) is 19.5. The molecule has 6 nitrogen and oxygen atoms in total. The highest BCUT2D eigenvalue weighted by Gasteiger charge is 2.23. The molecule has 1 aliphatic heterocycles. The molecule has 0 bridgehead atoms. The molecule has 1 atom stereocenters. The number of hydrogen-bond donors (Lipinski definition) is 2. The Hall–Kier alpha value is -3.06. The molecule has 1 aliphatic rings. The van der Waals surface area contributed by atoms with E-state index in [1.807, 2.05) is 6.07 Å². The lowest BCUT2D eigenvalue weighted by Gasteiger charge is -2.33. The topological polar surface area (TPSA) is 78.1 Å². The van der Waals surface area contributed by atoms with Crippen LogP contribution in [0.25, 0.3) is 10.9 Å². The fourth-order valence-electron chi connectivity index (χ4n) is 3.63. The molecule has 3 aromatic rings. The van der Waals surface area contributed by atoms with E-state index in [1.165, 1.54) is 6.07 Å². The first-order chi connectivity index (χ1) is 13.6. The number of aromatic nitrogens is 2. The molecule has 0 spiro atoms. The average Bonchev–Trinajstić information content (AvgIpc) is 2.70. The van der Waals surface area contributed by atoms with Crippen molar-refractivity contribution in [1.29, 1.82) is 0 Å². The molecule has 1 fully saturated rings. The Morgan fingerprint density at radius 2 is 2.00 bits per heavy atom. The molecule has 28 heavy (non-hydrogen) atoms. The number of nitrogens with zero attached hydrogens (tertiary/aromatic N) is 2. The first kappa shape index (κ1) is 18.3. The van der Waals surface area contributed by atoms with Gasteiger partial charge in [-0.1, -0.05) is 30.3 Å². The summed E-state index contributed by atoms with van der Waals surface area (Å²) < 4.78 is 13.9. The zero-order valence-corrected chi connectivity index (χ0v) is 15.3. The summed E-state index contributed by atoms with van der Waals surface area (Å²) in [6, 6.07) is 13.6. The number of carbonyl (C=O) groups is 1. The van der Waals surface area contributed by atoms with Gasteiger partial charge in [-0.25, -0.2) is 9.37 Å². The standard InChI is InChI=1S/C21H21FN4O2/c22-17-9-3-1-6-14(17)12-26-11-5-7-15(13-26)23-21(28)19-24-18-10-4-2-8-16(18)20(27)25-19/h1-4,6,8-10,15H,5,7,11-13H2,(H,23,28)(H,24,25,27)/t15-/m0/s1. The van der Waals surface area contributed by atoms with Crippen LogP contribution in [0.5, 0.6) is 0 Å². The van der Waals surface area contributed by atoms with Crippen LogP contribution in [0.4, 0.5) is 4.39 Å². The number of H-pyrrole nitrogens is 1. The van der Waals surface area contributed by atoms with Crippen LogP contribution in [-0.4, -0.2) is 39.9 Å². The molecule has 1 amide bonds. The lowest BCUT2D eigenvalue weighted by atomic mass is 10.0. The number of aromatic amines is 1. The molecule has 0 radical (unpaired) electrons. The lowest BCUT2D eigenvalue weighted by molar-refractivity contribution is 0.0889. The molecule has 1 aromatic heterocycles. The molecule has 1 saturated heterocycles. The second kappa shape index (κ2) is 7.90. The quantitative estimate of drug-likeness (QED) is 0.729. The Kier molecular flexibility index (Phi) is 5.16. The summed E-state index contributed by atoms with van der Waals surface area (Å²) in [6.07, 6.45) is 1.73. The number of likely N-dealkylation sites (tertiary alicyclic amines) is 1. The van der Waals surface area contributed by atoms with Crippen molar-refractivity contribution < 1.29 is 9.18 Å². The predicted octanol–water partition coefficient (Wildman–Crippen LogP) is 2.46. The summed E-state index contributed by atoms with van der Waals surface area (Å²) in [5.74, 6) is -0.609. The van der Waals surface area contributed by atoms with E-state index in [9.17, 15) is 14.0 Å². The van der Waals surface area contributed by atoms with E-state index in [0.29, 0.717) is 29.6 Å². The minimum atomic E-state index is -0.402. The van der Waals surface area contributed by atoms with Gasteiger partial charge in [0.05, 0.1) is 10.9 Å². The SMILES string of the molecule is O=C(N[C@H]1CCCN(Cc2ccccc2F)C1)c1nc2ccccc2c(=O)[nH]1. The summed E-state index contributed by atoms with van der Waals surface area (Å²) in [5.41, 5.74) is 0.803. The van der Waals surface area contributed by atoms with Crippen LogP contribution in [-0.2, 0) is 6.54 Å². The van der Waals surface area contributed by atoms with E-state index in [0.717, 1.165) is 19.4 Å². The van der Waals surface area contributed by atoms with E-state index in [1.54, 1.807) is 36.4 Å². The highest BCUT2D eigenvalue weighted by molar-refractivity contribution is 5.92. The second-order valence-corrected chi connectivity index (χ2v) is 7.07. The van der Waals surface area contributed by atoms with Crippen LogP contribution in [0, 0.1) is 5.82 Å². The van der Waals surface area contributed by atoms with Gasteiger partial charge in [0.1, 0.15) is 5.82 Å². The van der Waals surface area contributed by atoms with Gasteiger partial charge >= 0.3 is 0 Å². The second-order valence-electron chi connectivity index (χ2n) is 7.07. The summed E-state index contributed by atoms with van der Waals surface area (Å²) in [6.45, 7) is 1.98. The Balaban J connectivity index is 1.44. The van der Waals surface area contributed by atoms with E-state index in [-0.39, 0.29) is 23.2 Å². The molecule has 7 heteroatoms. The number of para-hydroxylation sites is 1. The molecule has 2 N–H and O–H groups in total. The van der Waals surface area contributed by atoms with Gasteiger partial charge in [0.15, 0.2) is 5.82 Å². The normalized spacial score (nSPS) is 17.5. The van der Waals surface area contributed by atoms with Crippen LogP contribution in [0.2, 0.25) is 0 Å². The Morgan fingerprint density at radius 1 is 1.21 bits per heavy atom. The predicted molar refractivity (Wildman–Crippen MR) is 105 cm³/mol. The fraction of sp³-hybridized carbons (Fsp3) is 0.286. The van der Waals surface area contributed by atoms with Crippen molar-refractivity contribution in [3.63, 3.8) is 0 Å². The average molecular weight is 380 g/mol. The largest absolute Gasteiger partial charge is 0.345 e. The van der Waals surface area contributed by atoms with Crippen LogP contribution in [0.3, 0.4) is 0 Å². The van der Waals surface area contributed by atoms with E-state index >= 15 is 0 Å². The first-order valence-corrected chi connectivity index (χ1v) is 9.36. The minimum absolute atomic E-state index is 0.00919. The zero-order valence-electron chi connectivity index (χ0n) is 15.3. The summed E-state index contributed by atoms with van der Waals surface area (Å²) in [7, 11) is 0. The van der Waals surface area contributed by atoms with Crippen molar-refractivity contribution in [2.45, 2.75) is 25.4 Å². The molecule has 4 rings (SSSR count). The highest BCUT2D eigenvalue weighted by Crippen LogP contribution is 2.16. The van der Waals surface area contributed by atoms with Crippen molar-refractivity contribution in [3.05, 3.63) is 76.1 Å². The number of amides is 1. The Morgan fingerprint density at radius 3 is 2.86 bits per heavy atom. The Labute approximate surface area is 161 Å². The number of fused-ring (bicyclic) bond motifs is 1. The smallest absolute Gasteiger partial charge is 0.287 e. The molecule has 0 saturated carbocycles. The summed E-state index contributed by atoms with van der Waals surface area (Å²) in [5, 5.41) is 3.40. The summed E-state index contributed by atoms with van der Waals surface area (Å²) in [4.78, 5) is 33.7. The maximum Gasteiger partial charge on any atom is 0.287 e. The van der Waals surface area contributed by atoms with Crippen LogP contribution >= 0.6 is 0 Å². The van der Waals surface area contributed by atoms with Gasteiger partial charge in [0.2, 0.25) is 0 Å². The maximum atomic E-state index is 13.9. The first-order valence-electron chi connectivity index (χ1n) is 9.36. The third-order valence-electron chi connectivity index (χ3n) is 5.02. The van der Waals surface area contributed by atoms with Crippen LogP contribution in [0.1, 0.15) is 29.0 Å². The number of rotatable bonds is 4. The fourth-order valence-corrected chi connectivity index (χ4v) is 3.63.